The van der Waals surface area contributed by atoms with Crippen LogP contribution in [-0.4, -0.2) is 23.1 Å². The molecule has 20 heavy (non-hydrogen) atoms. The molecule has 3 N–H and O–H groups in total. The number of carbonyl (C=O) groups excluding carboxylic acids is 1. The Labute approximate surface area is 116 Å². The highest BCUT2D eigenvalue weighted by molar-refractivity contribution is 5.96. The minimum absolute atomic E-state index is 0.00622. The average molecular weight is 279 g/mol. The number of rotatable bonds is 4. The summed E-state index contributed by atoms with van der Waals surface area (Å²) in [6.45, 7) is 0. The van der Waals surface area contributed by atoms with Gasteiger partial charge in [0.25, 0.3) is 0 Å². The number of aromatic carboxylic acids is 1. The maximum absolute atomic E-state index is 12.0. The fraction of sp³-hybridized carbons (Fsp3) is 0.429. The zero-order valence-corrected chi connectivity index (χ0v) is 11.0. The summed E-state index contributed by atoms with van der Waals surface area (Å²) < 4.78 is 5.38. The maximum atomic E-state index is 12.0. The van der Waals surface area contributed by atoms with Crippen LogP contribution in [0.4, 0.5) is 0 Å². The molecule has 0 amide bonds. The molecule has 108 valence electrons. The van der Waals surface area contributed by atoms with Gasteiger partial charge in [-0.1, -0.05) is 6.42 Å². The van der Waals surface area contributed by atoms with Crippen molar-refractivity contribution in [3.05, 3.63) is 29.3 Å². The topological polar surface area (TPSA) is 98.9 Å². The number of esters is 1. The summed E-state index contributed by atoms with van der Waals surface area (Å²) in [5.74, 6) is 3.27. The third-order valence-corrected chi connectivity index (χ3v) is 3.40. The summed E-state index contributed by atoms with van der Waals surface area (Å²) in [7, 11) is 0. The second kappa shape index (κ2) is 6.38. The Balaban J connectivity index is 2.13. The van der Waals surface area contributed by atoms with E-state index in [2.05, 4.69) is 4.84 Å². The van der Waals surface area contributed by atoms with Crippen LogP contribution in [0, 0.1) is 0 Å². The molecule has 0 aromatic heterocycles. The first-order chi connectivity index (χ1) is 9.61. The van der Waals surface area contributed by atoms with Crippen molar-refractivity contribution in [2.45, 2.75) is 38.2 Å². The van der Waals surface area contributed by atoms with E-state index in [1.54, 1.807) is 0 Å². The molecule has 6 nitrogen and oxygen atoms in total. The fourth-order valence-electron chi connectivity index (χ4n) is 2.33. The molecular formula is C14H17NO5. The first-order valence-corrected chi connectivity index (χ1v) is 6.57. The van der Waals surface area contributed by atoms with Crippen molar-refractivity contribution < 1.29 is 24.3 Å². The van der Waals surface area contributed by atoms with Crippen LogP contribution in [0.3, 0.4) is 0 Å². The predicted molar refractivity (Wildman–Crippen MR) is 70.5 cm³/mol. The molecule has 0 spiro atoms. The van der Waals surface area contributed by atoms with Gasteiger partial charge in [0.1, 0.15) is 11.7 Å². The second-order valence-corrected chi connectivity index (χ2v) is 4.80. The van der Waals surface area contributed by atoms with Crippen molar-refractivity contribution in [2.24, 2.45) is 5.90 Å². The van der Waals surface area contributed by atoms with Crippen molar-refractivity contribution >= 4 is 11.9 Å². The highest BCUT2D eigenvalue weighted by atomic mass is 16.6. The Morgan fingerprint density at radius 2 is 1.90 bits per heavy atom. The Kier molecular flexibility index (Phi) is 4.57. The van der Waals surface area contributed by atoms with Gasteiger partial charge in [0.15, 0.2) is 5.75 Å². The lowest BCUT2D eigenvalue weighted by atomic mass is 9.98. The molecule has 1 fully saturated rings. The molecule has 1 aromatic carbocycles. The minimum Gasteiger partial charge on any atom is -0.478 e. The van der Waals surface area contributed by atoms with Gasteiger partial charge in [-0.2, -0.15) is 5.90 Å². The molecule has 0 saturated heterocycles. The van der Waals surface area contributed by atoms with E-state index in [-0.39, 0.29) is 23.0 Å². The third kappa shape index (κ3) is 3.27. The summed E-state index contributed by atoms with van der Waals surface area (Å²) in [5.41, 5.74) is 0.0272. The standard InChI is InChI=1S/C14H17NO5/c15-20-12-7-6-9(8-11(12)13(16)17)14(18)19-10-4-2-1-3-5-10/h6-8,10H,1-5,15H2,(H,16,17). The van der Waals surface area contributed by atoms with E-state index in [9.17, 15) is 9.59 Å². The molecule has 0 aliphatic heterocycles. The fourth-order valence-corrected chi connectivity index (χ4v) is 2.33. The normalized spacial score (nSPS) is 15.7. The van der Waals surface area contributed by atoms with E-state index < -0.39 is 11.9 Å². The first-order valence-electron chi connectivity index (χ1n) is 6.57. The molecule has 2 rings (SSSR count). The van der Waals surface area contributed by atoms with Crippen molar-refractivity contribution in [3.63, 3.8) is 0 Å². The number of hydrogen-bond donors (Lipinski definition) is 2. The maximum Gasteiger partial charge on any atom is 0.339 e. The number of carboxylic acids is 1. The highest BCUT2D eigenvalue weighted by Gasteiger charge is 2.21. The van der Waals surface area contributed by atoms with E-state index in [1.165, 1.54) is 24.6 Å². The monoisotopic (exact) mass is 279 g/mol. The lowest BCUT2D eigenvalue weighted by Crippen LogP contribution is -2.21. The van der Waals surface area contributed by atoms with Gasteiger partial charge in [-0.3, -0.25) is 0 Å². The van der Waals surface area contributed by atoms with Gasteiger partial charge in [-0.05, 0) is 43.9 Å². The molecule has 6 heteroatoms. The summed E-state index contributed by atoms with van der Waals surface area (Å²) in [6, 6.07) is 4.01. The van der Waals surface area contributed by atoms with Crippen LogP contribution < -0.4 is 10.7 Å². The minimum atomic E-state index is -1.21. The number of hydrogen-bond acceptors (Lipinski definition) is 5. The molecule has 1 saturated carbocycles. The van der Waals surface area contributed by atoms with Crippen molar-refractivity contribution in [3.8, 4) is 5.75 Å². The van der Waals surface area contributed by atoms with Gasteiger partial charge in [-0.15, -0.1) is 0 Å². The number of carboxylic acid groups (broad SMARTS) is 1. The predicted octanol–water partition coefficient (Wildman–Crippen LogP) is 2.13. The molecule has 0 heterocycles. The van der Waals surface area contributed by atoms with Gasteiger partial charge in [0.05, 0.1) is 5.56 Å². The number of benzene rings is 1. The van der Waals surface area contributed by atoms with E-state index in [0.29, 0.717) is 0 Å². The Morgan fingerprint density at radius 1 is 1.20 bits per heavy atom. The van der Waals surface area contributed by atoms with Gasteiger partial charge < -0.3 is 14.7 Å². The molecule has 1 aliphatic rings. The lowest BCUT2D eigenvalue weighted by Gasteiger charge is -2.21. The van der Waals surface area contributed by atoms with Crippen LogP contribution in [0.5, 0.6) is 5.75 Å². The quantitative estimate of drug-likeness (QED) is 0.647. The molecule has 0 unspecified atom stereocenters. The molecule has 1 aliphatic carbocycles. The van der Waals surface area contributed by atoms with Crippen LogP contribution in [0.15, 0.2) is 18.2 Å². The van der Waals surface area contributed by atoms with Gasteiger partial charge in [0, 0.05) is 0 Å². The average Bonchev–Trinajstić information content (AvgIpc) is 2.47. The Bertz CT molecular complexity index is 508. The molecule has 0 radical (unpaired) electrons. The summed E-state index contributed by atoms with van der Waals surface area (Å²) in [6.07, 6.45) is 4.93. The molecular weight excluding hydrogens is 262 g/mol. The Hall–Kier alpha value is -2.08. The SMILES string of the molecule is NOc1ccc(C(=O)OC2CCCCC2)cc1C(=O)O. The molecule has 0 bridgehead atoms. The lowest BCUT2D eigenvalue weighted by molar-refractivity contribution is 0.0211. The van der Waals surface area contributed by atoms with Gasteiger partial charge >= 0.3 is 11.9 Å². The van der Waals surface area contributed by atoms with Crippen LogP contribution in [0.1, 0.15) is 52.8 Å². The van der Waals surface area contributed by atoms with Crippen LogP contribution in [0.2, 0.25) is 0 Å². The van der Waals surface area contributed by atoms with Crippen molar-refractivity contribution in [1.82, 2.24) is 0 Å². The van der Waals surface area contributed by atoms with E-state index >= 15 is 0 Å². The van der Waals surface area contributed by atoms with E-state index in [4.69, 9.17) is 15.7 Å². The number of ether oxygens (including phenoxy) is 1. The van der Waals surface area contributed by atoms with Crippen molar-refractivity contribution in [1.29, 1.82) is 0 Å². The zero-order valence-electron chi connectivity index (χ0n) is 11.0. The largest absolute Gasteiger partial charge is 0.478 e. The first kappa shape index (κ1) is 14.3. The van der Waals surface area contributed by atoms with Crippen LogP contribution in [0.25, 0.3) is 0 Å². The van der Waals surface area contributed by atoms with Crippen LogP contribution >= 0.6 is 0 Å². The molecule has 0 atom stereocenters. The molecule has 1 aromatic rings. The van der Waals surface area contributed by atoms with E-state index in [1.807, 2.05) is 0 Å². The summed E-state index contributed by atoms with van der Waals surface area (Å²) >= 11 is 0. The summed E-state index contributed by atoms with van der Waals surface area (Å²) in [4.78, 5) is 27.5. The van der Waals surface area contributed by atoms with Gasteiger partial charge in [0.2, 0.25) is 0 Å². The zero-order chi connectivity index (χ0) is 14.5. The van der Waals surface area contributed by atoms with Crippen molar-refractivity contribution in [2.75, 3.05) is 0 Å². The second-order valence-electron chi connectivity index (χ2n) is 4.80. The smallest absolute Gasteiger partial charge is 0.339 e. The highest BCUT2D eigenvalue weighted by Crippen LogP contribution is 2.23. The van der Waals surface area contributed by atoms with Gasteiger partial charge in [-0.25, -0.2) is 9.59 Å². The van der Waals surface area contributed by atoms with Crippen LogP contribution in [-0.2, 0) is 4.74 Å². The third-order valence-electron chi connectivity index (χ3n) is 3.40. The number of nitrogens with two attached hydrogens (primary N) is 1. The van der Waals surface area contributed by atoms with E-state index in [0.717, 1.165) is 25.7 Å². The summed E-state index contributed by atoms with van der Waals surface area (Å²) in [5, 5.41) is 9.04. The Morgan fingerprint density at radius 3 is 2.50 bits per heavy atom. The number of carbonyl (C=O) groups is 2.